The molecule has 2 atom stereocenters. The summed E-state index contributed by atoms with van der Waals surface area (Å²) in [5.41, 5.74) is 19.5. The summed E-state index contributed by atoms with van der Waals surface area (Å²) in [5, 5.41) is 14.8. The summed E-state index contributed by atoms with van der Waals surface area (Å²) < 4.78 is 41.8. The molecule has 6 aliphatic carbocycles. The lowest BCUT2D eigenvalue weighted by Gasteiger charge is -2.31. The van der Waals surface area contributed by atoms with Gasteiger partial charge in [0.25, 0.3) is 0 Å². The van der Waals surface area contributed by atoms with Gasteiger partial charge in [-0.15, -0.1) is 0 Å². The molecule has 1 nitrogen and oxygen atoms in total. The Bertz CT molecular complexity index is 3540. The number of nitriles is 1. The van der Waals surface area contributed by atoms with Gasteiger partial charge < -0.3 is 0 Å². The van der Waals surface area contributed by atoms with Gasteiger partial charge in [0.05, 0.1) is 17.2 Å². The molecule has 4 heteroatoms. The van der Waals surface area contributed by atoms with Gasteiger partial charge in [0, 0.05) is 11.8 Å². The minimum absolute atomic E-state index is 0.0182. The number of rotatable bonds is 4. The van der Waals surface area contributed by atoms with E-state index in [0.29, 0.717) is 11.1 Å². The van der Waals surface area contributed by atoms with E-state index in [1.165, 1.54) is 93.8 Å². The van der Waals surface area contributed by atoms with Gasteiger partial charge in [-0.25, -0.2) is 0 Å². The predicted molar refractivity (Wildman–Crippen MR) is 245 cm³/mol. The van der Waals surface area contributed by atoms with Crippen LogP contribution in [0, 0.1) is 37.0 Å². The SMILES string of the molecule is Cc1cc(-c2cc(C#N)cc(C(F)(F)F)c2)cc(C)c1C1=CC=C2c3c(-c4ccccc4)c4c(c(-c5ccccc5)c3=C3C=CC=C1C23)C1=CC=CC2=c3ccccc3=C(C=4)C12. The van der Waals surface area contributed by atoms with Gasteiger partial charge in [0.1, 0.15) is 0 Å². The van der Waals surface area contributed by atoms with Crippen LogP contribution in [0.5, 0.6) is 0 Å². The molecule has 0 spiro atoms. The van der Waals surface area contributed by atoms with Crippen molar-refractivity contribution in [2.45, 2.75) is 20.0 Å². The zero-order chi connectivity index (χ0) is 42.0. The van der Waals surface area contributed by atoms with Crippen molar-refractivity contribution in [3.05, 3.63) is 229 Å². The molecular weight excluding hydrogens is 768 g/mol. The van der Waals surface area contributed by atoms with E-state index in [1.54, 1.807) is 0 Å². The molecule has 6 aliphatic rings. The van der Waals surface area contributed by atoms with Crippen LogP contribution in [0.4, 0.5) is 13.2 Å². The van der Waals surface area contributed by atoms with Gasteiger partial charge in [0.2, 0.25) is 0 Å². The van der Waals surface area contributed by atoms with Gasteiger partial charge in [-0.1, -0.05) is 146 Å². The van der Waals surface area contributed by atoms with Crippen LogP contribution >= 0.6 is 0 Å². The van der Waals surface area contributed by atoms with E-state index in [1.807, 2.05) is 32.0 Å². The van der Waals surface area contributed by atoms with Crippen LogP contribution in [0.15, 0.2) is 169 Å². The van der Waals surface area contributed by atoms with Gasteiger partial charge in [-0.05, 0) is 159 Å². The minimum Gasteiger partial charge on any atom is -0.192 e. The van der Waals surface area contributed by atoms with Crippen LogP contribution in [-0.4, -0.2) is 0 Å². The largest absolute Gasteiger partial charge is 0.416 e. The molecule has 0 radical (unpaired) electrons. The molecule has 0 bridgehead atoms. The van der Waals surface area contributed by atoms with E-state index in [2.05, 4.69) is 140 Å². The highest BCUT2D eigenvalue weighted by atomic mass is 19.4. The Morgan fingerprint density at radius 1 is 0.516 bits per heavy atom. The van der Waals surface area contributed by atoms with Crippen molar-refractivity contribution in [1.29, 1.82) is 5.26 Å². The third kappa shape index (κ3) is 5.15. The van der Waals surface area contributed by atoms with Gasteiger partial charge in [0.15, 0.2) is 0 Å². The number of aryl methyl sites for hydroxylation is 2. The number of halogens is 3. The Kier molecular flexibility index (Phi) is 7.78. The molecule has 294 valence electrons. The Morgan fingerprint density at radius 2 is 1.11 bits per heavy atom. The van der Waals surface area contributed by atoms with Crippen LogP contribution in [-0.2, 0) is 6.18 Å². The molecule has 6 aromatic carbocycles. The molecule has 12 rings (SSSR count). The maximum absolute atomic E-state index is 13.9. The standard InChI is InChI=1S/C58H36F3N/c1-32-25-37(38-27-34(31-62)28-39(29-38)58(59,60)61)26-33(2)50(32)44-23-24-47-53-43(44)20-12-22-46(53)57-52(36-15-7-4-8-16-36)55-45-21-11-19-42-40-17-9-10-18-41(40)48(54(42)45)30-49(55)51(56(47)57)35-13-5-3-6-14-35/h3-30,53-54H,1-2H3. The first-order valence-electron chi connectivity index (χ1n) is 21.0. The lowest BCUT2D eigenvalue weighted by molar-refractivity contribution is -0.137. The average Bonchev–Trinajstić information content (AvgIpc) is 3.80. The van der Waals surface area contributed by atoms with E-state index >= 15 is 0 Å². The molecule has 0 heterocycles. The normalized spacial score (nSPS) is 18.4. The monoisotopic (exact) mass is 803 g/mol. The lowest BCUT2D eigenvalue weighted by atomic mass is 9.71. The summed E-state index contributed by atoms with van der Waals surface area (Å²) in [5.74, 6) is 0.114. The van der Waals surface area contributed by atoms with Crippen LogP contribution in [0.3, 0.4) is 0 Å². The van der Waals surface area contributed by atoms with Crippen molar-refractivity contribution in [2.24, 2.45) is 11.8 Å². The first-order chi connectivity index (χ1) is 30.2. The second-order valence-electron chi connectivity index (χ2n) is 17.0. The van der Waals surface area contributed by atoms with Crippen molar-refractivity contribution in [3.8, 4) is 39.4 Å². The summed E-state index contributed by atoms with van der Waals surface area (Å²) in [6.07, 6.45) is 16.2. The van der Waals surface area contributed by atoms with E-state index in [4.69, 9.17) is 0 Å². The highest BCUT2D eigenvalue weighted by molar-refractivity contribution is 6.12. The molecule has 0 saturated heterocycles. The predicted octanol–water partition coefficient (Wildman–Crippen LogP) is 11.3. The number of fused-ring (bicyclic) bond motifs is 5. The second-order valence-corrected chi connectivity index (χ2v) is 17.0. The highest BCUT2D eigenvalue weighted by Crippen LogP contribution is 2.54. The van der Waals surface area contributed by atoms with E-state index in [0.717, 1.165) is 34.4 Å². The van der Waals surface area contributed by atoms with Crippen LogP contribution in [0.2, 0.25) is 0 Å². The second kappa shape index (κ2) is 13.3. The highest BCUT2D eigenvalue weighted by Gasteiger charge is 2.42. The van der Waals surface area contributed by atoms with Crippen LogP contribution < -0.4 is 20.9 Å². The molecule has 0 amide bonds. The molecule has 0 aliphatic heterocycles. The third-order valence-corrected chi connectivity index (χ3v) is 13.6. The molecule has 0 saturated carbocycles. The fourth-order valence-electron chi connectivity index (χ4n) is 11.3. The Hall–Kier alpha value is -7.48. The molecule has 6 aromatic rings. The van der Waals surface area contributed by atoms with Crippen molar-refractivity contribution >= 4 is 39.5 Å². The molecule has 0 N–H and O–H groups in total. The Morgan fingerprint density at radius 3 is 1.79 bits per heavy atom. The molecule has 0 aromatic heterocycles. The third-order valence-electron chi connectivity index (χ3n) is 13.6. The minimum atomic E-state index is -4.57. The number of hydrogen-bond donors (Lipinski definition) is 0. The van der Waals surface area contributed by atoms with Crippen molar-refractivity contribution in [1.82, 2.24) is 0 Å². The Balaban J connectivity index is 1.14. The maximum Gasteiger partial charge on any atom is 0.416 e. The van der Waals surface area contributed by atoms with Gasteiger partial charge >= 0.3 is 6.18 Å². The fourth-order valence-corrected chi connectivity index (χ4v) is 11.3. The zero-order valence-electron chi connectivity index (χ0n) is 33.9. The van der Waals surface area contributed by atoms with Gasteiger partial charge in [-0.2, -0.15) is 18.4 Å². The maximum atomic E-state index is 13.9. The quantitative estimate of drug-likeness (QED) is 0.174. The van der Waals surface area contributed by atoms with E-state index < -0.39 is 11.7 Å². The number of alkyl halides is 3. The molecule has 0 fully saturated rings. The van der Waals surface area contributed by atoms with Gasteiger partial charge in [-0.3, -0.25) is 0 Å². The topological polar surface area (TPSA) is 23.8 Å². The molecule has 2 unspecified atom stereocenters. The number of benzene rings is 6. The number of nitrogens with zero attached hydrogens (tertiary/aromatic N) is 1. The van der Waals surface area contributed by atoms with E-state index in [9.17, 15) is 18.4 Å². The zero-order valence-corrected chi connectivity index (χ0v) is 33.9. The molecular formula is C58H36F3N. The summed E-state index contributed by atoms with van der Waals surface area (Å²) in [7, 11) is 0. The Labute approximate surface area is 357 Å². The van der Waals surface area contributed by atoms with Crippen molar-refractivity contribution in [3.63, 3.8) is 0 Å². The lowest BCUT2D eigenvalue weighted by Crippen LogP contribution is -2.31. The van der Waals surface area contributed by atoms with Crippen molar-refractivity contribution in [2.75, 3.05) is 0 Å². The molecule has 62 heavy (non-hydrogen) atoms. The first-order valence-corrected chi connectivity index (χ1v) is 21.0. The summed E-state index contributed by atoms with van der Waals surface area (Å²) in [6, 6.07) is 40.0. The first kappa shape index (κ1) is 36.4. The number of hydrogen-bond acceptors (Lipinski definition) is 1. The van der Waals surface area contributed by atoms with Crippen LogP contribution in [0.25, 0.3) is 72.9 Å². The van der Waals surface area contributed by atoms with Crippen molar-refractivity contribution < 1.29 is 13.2 Å². The smallest absolute Gasteiger partial charge is 0.192 e. The van der Waals surface area contributed by atoms with E-state index in [-0.39, 0.29) is 17.4 Å². The summed E-state index contributed by atoms with van der Waals surface area (Å²) >= 11 is 0. The summed E-state index contributed by atoms with van der Waals surface area (Å²) in [4.78, 5) is 0. The summed E-state index contributed by atoms with van der Waals surface area (Å²) in [6.45, 7) is 4.07. The fraction of sp³-hybridized carbons (Fsp3) is 0.0862. The number of allylic oxidation sites excluding steroid dienone is 12. The van der Waals surface area contributed by atoms with Crippen LogP contribution in [0.1, 0.15) is 38.9 Å². The average molecular weight is 804 g/mol.